The van der Waals surface area contributed by atoms with E-state index >= 15 is 0 Å². The van der Waals surface area contributed by atoms with Gasteiger partial charge >= 0.3 is 0 Å². The summed E-state index contributed by atoms with van der Waals surface area (Å²) in [6, 6.07) is 12.2. The molecule has 1 unspecified atom stereocenters. The maximum Gasteiger partial charge on any atom is 0.141 e. The third kappa shape index (κ3) is 3.08. The molecular formula is C16H19FN2O. The topological polar surface area (TPSA) is 47.3 Å². The maximum atomic E-state index is 14.0. The third-order valence-corrected chi connectivity index (χ3v) is 3.20. The maximum absolute atomic E-state index is 14.0. The van der Waals surface area contributed by atoms with Crippen LogP contribution < -0.4 is 15.8 Å². The van der Waals surface area contributed by atoms with Crippen molar-refractivity contribution in [3.8, 4) is 5.75 Å². The Kier molecular flexibility index (Phi) is 4.58. The van der Waals surface area contributed by atoms with E-state index in [2.05, 4.69) is 5.32 Å². The number of hydrogen-bond donors (Lipinski definition) is 2. The molecular weight excluding hydrogens is 255 g/mol. The van der Waals surface area contributed by atoms with Crippen molar-refractivity contribution < 1.29 is 9.13 Å². The van der Waals surface area contributed by atoms with Crippen molar-refractivity contribution in [1.82, 2.24) is 0 Å². The van der Waals surface area contributed by atoms with E-state index in [1.54, 1.807) is 13.2 Å². The molecule has 1 atom stereocenters. The van der Waals surface area contributed by atoms with E-state index in [0.29, 0.717) is 17.9 Å². The number of nitrogens with one attached hydrogen (secondary N) is 1. The zero-order valence-corrected chi connectivity index (χ0v) is 11.7. The summed E-state index contributed by atoms with van der Waals surface area (Å²) in [4.78, 5) is 0. The average molecular weight is 274 g/mol. The Labute approximate surface area is 118 Å². The highest BCUT2D eigenvalue weighted by molar-refractivity contribution is 5.57. The Bertz CT molecular complexity index is 586. The van der Waals surface area contributed by atoms with Gasteiger partial charge in [0.15, 0.2) is 0 Å². The second-order valence-corrected chi connectivity index (χ2v) is 4.66. The number of halogens is 1. The number of ether oxygens (including phenoxy) is 1. The largest absolute Gasteiger partial charge is 0.495 e. The zero-order valence-electron chi connectivity index (χ0n) is 11.7. The number of para-hydroxylation sites is 2. The fourth-order valence-electron chi connectivity index (χ4n) is 2.15. The van der Waals surface area contributed by atoms with E-state index in [9.17, 15) is 4.39 Å². The number of benzene rings is 2. The summed E-state index contributed by atoms with van der Waals surface area (Å²) in [5, 5.41) is 3.24. The van der Waals surface area contributed by atoms with Gasteiger partial charge in [-0.2, -0.15) is 0 Å². The molecule has 0 spiro atoms. The molecule has 0 aliphatic rings. The van der Waals surface area contributed by atoms with Crippen LogP contribution in [0.25, 0.3) is 0 Å². The van der Waals surface area contributed by atoms with Crippen molar-refractivity contribution in [3.63, 3.8) is 0 Å². The number of methoxy groups -OCH3 is 1. The van der Waals surface area contributed by atoms with Crippen LogP contribution in [0.1, 0.15) is 17.2 Å². The van der Waals surface area contributed by atoms with Gasteiger partial charge in [-0.05, 0) is 25.1 Å². The summed E-state index contributed by atoms with van der Waals surface area (Å²) < 4.78 is 19.2. The Morgan fingerprint density at radius 2 is 2.00 bits per heavy atom. The van der Waals surface area contributed by atoms with Gasteiger partial charge in [-0.3, -0.25) is 0 Å². The normalized spacial score (nSPS) is 12.0. The first kappa shape index (κ1) is 14.3. The van der Waals surface area contributed by atoms with Gasteiger partial charge in [0.2, 0.25) is 0 Å². The molecule has 0 aliphatic heterocycles. The van der Waals surface area contributed by atoms with E-state index < -0.39 is 0 Å². The van der Waals surface area contributed by atoms with E-state index in [1.165, 1.54) is 6.07 Å². The summed E-state index contributed by atoms with van der Waals surface area (Å²) in [5.74, 6) is 0.451. The van der Waals surface area contributed by atoms with E-state index in [4.69, 9.17) is 10.5 Å². The number of anilines is 1. The molecule has 0 saturated carbocycles. The monoisotopic (exact) mass is 274 g/mol. The minimum absolute atomic E-state index is 0.256. The molecule has 20 heavy (non-hydrogen) atoms. The van der Waals surface area contributed by atoms with Crippen LogP contribution in [-0.2, 0) is 0 Å². The van der Waals surface area contributed by atoms with Gasteiger partial charge in [-0.1, -0.05) is 29.8 Å². The van der Waals surface area contributed by atoms with E-state index in [1.807, 2.05) is 37.3 Å². The second kappa shape index (κ2) is 6.39. The zero-order chi connectivity index (χ0) is 14.5. The number of rotatable bonds is 5. The Hall–Kier alpha value is -2.07. The fraction of sp³-hybridized carbons (Fsp3) is 0.250. The SMILES string of the molecule is COc1ccccc1NC(CN)c1cc(C)ccc1F. The molecule has 0 aliphatic carbocycles. The van der Waals surface area contributed by atoms with Crippen LogP contribution in [0.4, 0.5) is 10.1 Å². The van der Waals surface area contributed by atoms with Gasteiger partial charge in [0.05, 0.1) is 18.8 Å². The lowest BCUT2D eigenvalue weighted by molar-refractivity contribution is 0.416. The molecule has 0 bridgehead atoms. The highest BCUT2D eigenvalue weighted by atomic mass is 19.1. The van der Waals surface area contributed by atoms with Crippen molar-refractivity contribution in [1.29, 1.82) is 0 Å². The predicted molar refractivity (Wildman–Crippen MR) is 79.5 cm³/mol. The van der Waals surface area contributed by atoms with Crippen LogP contribution in [0.2, 0.25) is 0 Å². The molecule has 2 aromatic rings. The molecule has 106 valence electrons. The number of hydrogen-bond acceptors (Lipinski definition) is 3. The lowest BCUT2D eigenvalue weighted by Crippen LogP contribution is -2.22. The second-order valence-electron chi connectivity index (χ2n) is 4.66. The van der Waals surface area contributed by atoms with Crippen molar-refractivity contribution in [2.24, 2.45) is 5.73 Å². The van der Waals surface area contributed by atoms with Crippen LogP contribution in [-0.4, -0.2) is 13.7 Å². The minimum atomic E-state index is -0.300. The smallest absolute Gasteiger partial charge is 0.141 e. The molecule has 3 N–H and O–H groups in total. The molecule has 4 heteroatoms. The molecule has 2 aromatic carbocycles. The summed E-state index contributed by atoms with van der Waals surface area (Å²) in [5.41, 5.74) is 8.16. The third-order valence-electron chi connectivity index (χ3n) is 3.20. The average Bonchev–Trinajstić information content (AvgIpc) is 2.48. The minimum Gasteiger partial charge on any atom is -0.495 e. The van der Waals surface area contributed by atoms with Crippen molar-refractivity contribution in [2.75, 3.05) is 19.0 Å². The molecule has 3 nitrogen and oxygen atoms in total. The first-order valence-corrected chi connectivity index (χ1v) is 6.51. The first-order valence-electron chi connectivity index (χ1n) is 6.51. The number of nitrogens with two attached hydrogens (primary N) is 1. The lowest BCUT2D eigenvalue weighted by atomic mass is 10.0. The Morgan fingerprint density at radius 3 is 2.70 bits per heavy atom. The Morgan fingerprint density at radius 1 is 1.25 bits per heavy atom. The molecule has 0 fully saturated rings. The molecule has 0 amide bonds. The van der Waals surface area contributed by atoms with Crippen LogP contribution in [0.5, 0.6) is 5.75 Å². The van der Waals surface area contributed by atoms with Gasteiger partial charge in [-0.25, -0.2) is 4.39 Å². The highest BCUT2D eigenvalue weighted by Gasteiger charge is 2.16. The summed E-state index contributed by atoms with van der Waals surface area (Å²) in [7, 11) is 1.60. The van der Waals surface area contributed by atoms with Gasteiger partial charge in [0.1, 0.15) is 11.6 Å². The number of aryl methyl sites for hydroxylation is 1. The molecule has 2 rings (SSSR count). The fourth-order valence-corrected chi connectivity index (χ4v) is 2.15. The van der Waals surface area contributed by atoms with Crippen molar-refractivity contribution in [2.45, 2.75) is 13.0 Å². The van der Waals surface area contributed by atoms with Crippen molar-refractivity contribution >= 4 is 5.69 Å². The highest BCUT2D eigenvalue weighted by Crippen LogP contribution is 2.28. The van der Waals surface area contributed by atoms with E-state index in [0.717, 1.165) is 11.3 Å². The molecule has 0 radical (unpaired) electrons. The van der Waals surface area contributed by atoms with Crippen LogP contribution >= 0.6 is 0 Å². The molecule has 0 heterocycles. The van der Waals surface area contributed by atoms with Crippen LogP contribution in [0, 0.1) is 12.7 Å². The van der Waals surface area contributed by atoms with Gasteiger partial charge in [0.25, 0.3) is 0 Å². The van der Waals surface area contributed by atoms with Gasteiger partial charge < -0.3 is 15.8 Å². The summed E-state index contributed by atoms with van der Waals surface area (Å²) in [6.07, 6.45) is 0. The molecule has 0 aromatic heterocycles. The first-order chi connectivity index (χ1) is 9.65. The lowest BCUT2D eigenvalue weighted by Gasteiger charge is -2.21. The summed E-state index contributed by atoms with van der Waals surface area (Å²) in [6.45, 7) is 2.22. The van der Waals surface area contributed by atoms with Crippen LogP contribution in [0.3, 0.4) is 0 Å². The molecule has 0 saturated heterocycles. The predicted octanol–water partition coefficient (Wildman–Crippen LogP) is 3.25. The Balaban J connectivity index is 2.31. The standard InChI is InChI=1S/C16H19FN2O/c1-11-7-8-13(17)12(9-11)15(10-18)19-14-5-3-4-6-16(14)20-2/h3-9,15,19H,10,18H2,1-2H3. The van der Waals surface area contributed by atoms with E-state index in [-0.39, 0.29) is 11.9 Å². The van der Waals surface area contributed by atoms with Crippen LogP contribution in [0.15, 0.2) is 42.5 Å². The van der Waals surface area contributed by atoms with Gasteiger partial charge in [-0.15, -0.1) is 0 Å². The quantitative estimate of drug-likeness (QED) is 0.879. The van der Waals surface area contributed by atoms with Crippen molar-refractivity contribution in [3.05, 3.63) is 59.4 Å². The summed E-state index contributed by atoms with van der Waals surface area (Å²) >= 11 is 0. The van der Waals surface area contributed by atoms with Gasteiger partial charge in [0, 0.05) is 12.1 Å².